The third-order valence-corrected chi connectivity index (χ3v) is 2.60. The fourth-order valence-corrected chi connectivity index (χ4v) is 1.78. The van der Waals surface area contributed by atoms with Crippen LogP contribution in [0.1, 0.15) is 5.56 Å². The van der Waals surface area contributed by atoms with Gasteiger partial charge >= 0.3 is 6.18 Å². The monoisotopic (exact) mass is 257 g/mol. The summed E-state index contributed by atoms with van der Waals surface area (Å²) in [6, 6.07) is 6.78. The highest BCUT2D eigenvalue weighted by atomic mass is 35.5. The Kier molecular flexibility index (Phi) is 3.07. The summed E-state index contributed by atoms with van der Waals surface area (Å²) in [4.78, 5) is 3.75. The zero-order chi connectivity index (χ0) is 12.5. The molecule has 0 saturated heterocycles. The molecular weight excluding hydrogens is 251 g/mol. The Morgan fingerprint density at radius 3 is 2.35 bits per heavy atom. The molecule has 0 N–H and O–H groups in total. The summed E-state index contributed by atoms with van der Waals surface area (Å²) in [6.07, 6.45) is -1.67. The normalized spacial score (nSPS) is 11.5. The molecule has 0 fully saturated rings. The first-order chi connectivity index (χ1) is 8.00. The lowest BCUT2D eigenvalue weighted by Crippen LogP contribution is -2.06. The van der Waals surface area contributed by atoms with Gasteiger partial charge in [0.2, 0.25) is 0 Å². The van der Waals surface area contributed by atoms with E-state index in [1.807, 2.05) is 0 Å². The molecule has 0 bridgehead atoms. The van der Waals surface area contributed by atoms with Gasteiger partial charge in [0.25, 0.3) is 0 Å². The largest absolute Gasteiger partial charge is 0.417 e. The van der Waals surface area contributed by atoms with Crippen molar-refractivity contribution in [3.8, 4) is 11.1 Å². The molecule has 1 nitrogen and oxygen atoms in total. The minimum Gasteiger partial charge on any atom is -0.263 e. The van der Waals surface area contributed by atoms with E-state index in [9.17, 15) is 13.2 Å². The predicted octanol–water partition coefficient (Wildman–Crippen LogP) is 4.42. The summed E-state index contributed by atoms with van der Waals surface area (Å²) >= 11 is 5.85. The van der Waals surface area contributed by atoms with Gasteiger partial charge in [0.15, 0.2) is 0 Å². The molecule has 2 rings (SSSR count). The lowest BCUT2D eigenvalue weighted by atomic mass is 10.0. The van der Waals surface area contributed by atoms with Gasteiger partial charge in [-0.3, -0.25) is 4.98 Å². The zero-order valence-corrected chi connectivity index (χ0v) is 9.26. The molecule has 2 aromatic rings. The van der Waals surface area contributed by atoms with Crippen molar-refractivity contribution >= 4 is 11.6 Å². The second kappa shape index (κ2) is 4.37. The molecule has 0 aliphatic heterocycles. The fraction of sp³-hybridized carbons (Fsp3) is 0.0833. The van der Waals surface area contributed by atoms with Crippen LogP contribution in [0.2, 0.25) is 5.02 Å². The smallest absolute Gasteiger partial charge is 0.263 e. The topological polar surface area (TPSA) is 12.9 Å². The quantitative estimate of drug-likeness (QED) is 0.737. The van der Waals surface area contributed by atoms with Crippen LogP contribution in [0.3, 0.4) is 0 Å². The molecule has 17 heavy (non-hydrogen) atoms. The van der Waals surface area contributed by atoms with Crippen LogP contribution in [0.5, 0.6) is 0 Å². The van der Waals surface area contributed by atoms with Crippen molar-refractivity contribution in [2.45, 2.75) is 6.18 Å². The Morgan fingerprint density at radius 1 is 1.00 bits per heavy atom. The van der Waals surface area contributed by atoms with Crippen molar-refractivity contribution in [1.29, 1.82) is 0 Å². The van der Waals surface area contributed by atoms with Crippen LogP contribution in [0, 0.1) is 0 Å². The number of rotatable bonds is 1. The van der Waals surface area contributed by atoms with E-state index >= 15 is 0 Å². The highest BCUT2D eigenvalue weighted by molar-refractivity contribution is 6.33. The Morgan fingerprint density at radius 2 is 1.71 bits per heavy atom. The van der Waals surface area contributed by atoms with Crippen LogP contribution in [0.25, 0.3) is 11.1 Å². The van der Waals surface area contributed by atoms with E-state index in [0.717, 1.165) is 6.07 Å². The van der Waals surface area contributed by atoms with Gasteiger partial charge in [-0.2, -0.15) is 13.2 Å². The number of pyridine rings is 1. The molecular formula is C12H7ClF3N. The number of alkyl halides is 3. The van der Waals surface area contributed by atoms with Gasteiger partial charge in [-0.15, -0.1) is 0 Å². The van der Waals surface area contributed by atoms with Gasteiger partial charge in [-0.25, -0.2) is 0 Å². The Bertz CT molecular complexity index is 537. The van der Waals surface area contributed by atoms with Crippen molar-refractivity contribution in [3.63, 3.8) is 0 Å². The van der Waals surface area contributed by atoms with Crippen LogP contribution < -0.4 is 0 Å². The van der Waals surface area contributed by atoms with Gasteiger partial charge < -0.3 is 0 Å². The first-order valence-electron chi connectivity index (χ1n) is 4.76. The summed E-state index contributed by atoms with van der Waals surface area (Å²) in [7, 11) is 0. The number of hydrogen-bond acceptors (Lipinski definition) is 1. The number of halogens is 4. The average Bonchev–Trinajstić information content (AvgIpc) is 2.28. The molecule has 1 heterocycles. The summed E-state index contributed by atoms with van der Waals surface area (Å²) < 4.78 is 38.4. The van der Waals surface area contributed by atoms with Crippen LogP contribution in [0.4, 0.5) is 13.2 Å². The fourth-order valence-electron chi connectivity index (χ4n) is 1.56. The lowest BCUT2D eigenvalue weighted by Gasteiger charge is -2.13. The number of benzene rings is 1. The van der Waals surface area contributed by atoms with E-state index in [2.05, 4.69) is 4.98 Å². The summed E-state index contributed by atoms with van der Waals surface area (Å²) in [5.41, 5.74) is -0.310. The van der Waals surface area contributed by atoms with E-state index in [1.54, 1.807) is 6.07 Å². The van der Waals surface area contributed by atoms with E-state index < -0.39 is 11.7 Å². The van der Waals surface area contributed by atoms with Gasteiger partial charge in [0.1, 0.15) is 0 Å². The molecule has 0 radical (unpaired) electrons. The number of hydrogen-bond donors (Lipinski definition) is 0. The van der Waals surface area contributed by atoms with Crippen LogP contribution in [-0.2, 0) is 6.18 Å². The SMILES string of the molecule is FC(F)(F)c1ccccc1-c1ccncc1Cl. The third kappa shape index (κ3) is 2.42. The van der Waals surface area contributed by atoms with Crippen molar-refractivity contribution in [2.24, 2.45) is 0 Å². The average molecular weight is 258 g/mol. The second-order valence-electron chi connectivity index (χ2n) is 3.40. The van der Waals surface area contributed by atoms with Crippen molar-refractivity contribution in [2.75, 3.05) is 0 Å². The van der Waals surface area contributed by atoms with Crippen LogP contribution >= 0.6 is 11.6 Å². The lowest BCUT2D eigenvalue weighted by molar-refractivity contribution is -0.137. The van der Waals surface area contributed by atoms with E-state index in [1.165, 1.54) is 30.6 Å². The molecule has 0 aliphatic rings. The first-order valence-corrected chi connectivity index (χ1v) is 5.14. The van der Waals surface area contributed by atoms with Crippen molar-refractivity contribution < 1.29 is 13.2 Å². The van der Waals surface area contributed by atoms with Gasteiger partial charge in [0, 0.05) is 18.0 Å². The minimum absolute atomic E-state index is 0.0624. The van der Waals surface area contributed by atoms with Crippen molar-refractivity contribution in [1.82, 2.24) is 4.98 Å². The van der Waals surface area contributed by atoms with E-state index in [4.69, 9.17) is 11.6 Å². The maximum Gasteiger partial charge on any atom is 0.417 e. The molecule has 0 saturated carbocycles. The summed E-state index contributed by atoms with van der Waals surface area (Å²) in [6.45, 7) is 0. The molecule has 1 aromatic carbocycles. The Balaban J connectivity index is 2.65. The molecule has 0 atom stereocenters. The first kappa shape index (κ1) is 11.9. The Labute approximate surface area is 101 Å². The molecule has 0 aliphatic carbocycles. The zero-order valence-electron chi connectivity index (χ0n) is 8.50. The number of nitrogens with zero attached hydrogens (tertiary/aromatic N) is 1. The minimum atomic E-state index is -4.40. The molecule has 0 amide bonds. The van der Waals surface area contributed by atoms with Gasteiger partial charge in [-0.1, -0.05) is 29.8 Å². The maximum atomic E-state index is 12.8. The van der Waals surface area contributed by atoms with Crippen molar-refractivity contribution in [3.05, 3.63) is 53.3 Å². The standard InChI is InChI=1S/C12H7ClF3N/c13-11-7-17-6-5-9(11)8-3-1-2-4-10(8)12(14,15)16/h1-7H. The van der Waals surface area contributed by atoms with E-state index in [0.29, 0.717) is 5.56 Å². The molecule has 0 spiro atoms. The molecule has 88 valence electrons. The maximum absolute atomic E-state index is 12.8. The highest BCUT2D eigenvalue weighted by Gasteiger charge is 2.33. The molecule has 5 heteroatoms. The van der Waals surface area contributed by atoms with Gasteiger partial charge in [-0.05, 0) is 17.7 Å². The van der Waals surface area contributed by atoms with Crippen LogP contribution in [0.15, 0.2) is 42.7 Å². The van der Waals surface area contributed by atoms with Crippen LogP contribution in [-0.4, -0.2) is 4.98 Å². The van der Waals surface area contributed by atoms with E-state index in [-0.39, 0.29) is 10.6 Å². The summed E-state index contributed by atoms with van der Waals surface area (Å²) in [5, 5.41) is 0.198. The predicted molar refractivity (Wildman–Crippen MR) is 59.7 cm³/mol. The van der Waals surface area contributed by atoms with Gasteiger partial charge in [0.05, 0.1) is 10.6 Å². The number of aromatic nitrogens is 1. The highest BCUT2D eigenvalue weighted by Crippen LogP contribution is 2.38. The molecule has 0 unspecified atom stereocenters. The third-order valence-electron chi connectivity index (χ3n) is 2.30. The Hall–Kier alpha value is -1.55. The second-order valence-corrected chi connectivity index (χ2v) is 3.81. The summed E-state index contributed by atoms with van der Waals surface area (Å²) in [5.74, 6) is 0. The molecule has 1 aromatic heterocycles.